The SMILES string of the molecule is Nn1c(=O)c(-c2nc3ccc(C(=O)N4CCOCC4)cc3[nH]2)cc2ccccc21. The number of pyridine rings is 1. The van der Waals surface area contributed by atoms with Crippen LogP contribution in [0.15, 0.2) is 53.3 Å². The van der Waals surface area contributed by atoms with Crippen molar-refractivity contribution < 1.29 is 9.53 Å². The first-order chi connectivity index (χ1) is 14.1. The second kappa shape index (κ2) is 6.75. The van der Waals surface area contributed by atoms with Crippen molar-refractivity contribution in [2.24, 2.45) is 0 Å². The zero-order valence-electron chi connectivity index (χ0n) is 15.6. The molecule has 2 aromatic heterocycles. The minimum Gasteiger partial charge on any atom is -0.378 e. The molecule has 8 heteroatoms. The van der Waals surface area contributed by atoms with E-state index >= 15 is 0 Å². The van der Waals surface area contributed by atoms with Crippen molar-refractivity contribution in [2.45, 2.75) is 0 Å². The van der Waals surface area contributed by atoms with E-state index in [1.807, 2.05) is 18.2 Å². The molecular formula is C21H19N5O3. The summed E-state index contributed by atoms with van der Waals surface area (Å²) in [5, 5.41) is 0.841. The molecule has 146 valence electrons. The molecule has 0 aliphatic carbocycles. The molecule has 1 aliphatic rings. The number of imidazole rings is 1. The fourth-order valence-corrected chi connectivity index (χ4v) is 3.67. The number of nitrogen functional groups attached to an aromatic ring is 1. The number of benzene rings is 2. The van der Waals surface area contributed by atoms with E-state index in [2.05, 4.69) is 9.97 Å². The van der Waals surface area contributed by atoms with Crippen LogP contribution in [0.5, 0.6) is 0 Å². The van der Waals surface area contributed by atoms with E-state index in [-0.39, 0.29) is 11.5 Å². The molecule has 5 rings (SSSR count). The van der Waals surface area contributed by atoms with Crippen LogP contribution >= 0.6 is 0 Å². The second-order valence-corrected chi connectivity index (χ2v) is 7.01. The summed E-state index contributed by atoms with van der Waals surface area (Å²) in [5.41, 5.74) is 2.63. The predicted octanol–water partition coefficient (Wildman–Crippen LogP) is 1.73. The highest BCUT2D eigenvalue weighted by atomic mass is 16.5. The summed E-state index contributed by atoms with van der Waals surface area (Å²) in [6.45, 7) is 2.27. The third kappa shape index (κ3) is 2.94. The van der Waals surface area contributed by atoms with Gasteiger partial charge in [-0.2, -0.15) is 0 Å². The molecule has 1 fully saturated rings. The van der Waals surface area contributed by atoms with Crippen LogP contribution in [-0.4, -0.2) is 51.8 Å². The van der Waals surface area contributed by atoms with E-state index in [0.717, 1.165) is 10.1 Å². The zero-order chi connectivity index (χ0) is 20.0. The number of hydrogen-bond donors (Lipinski definition) is 2. The Morgan fingerprint density at radius 2 is 1.90 bits per heavy atom. The molecule has 1 amide bonds. The second-order valence-electron chi connectivity index (χ2n) is 7.01. The van der Waals surface area contributed by atoms with Gasteiger partial charge in [0.1, 0.15) is 5.82 Å². The number of aromatic nitrogens is 3. The Morgan fingerprint density at radius 1 is 1.10 bits per heavy atom. The average molecular weight is 389 g/mol. The summed E-state index contributed by atoms with van der Waals surface area (Å²) < 4.78 is 6.44. The minimum atomic E-state index is -0.340. The van der Waals surface area contributed by atoms with Crippen LogP contribution in [0.3, 0.4) is 0 Å². The Bertz CT molecular complexity index is 1300. The smallest absolute Gasteiger partial charge is 0.280 e. The molecule has 0 spiro atoms. The number of para-hydroxylation sites is 1. The lowest BCUT2D eigenvalue weighted by atomic mass is 10.1. The first-order valence-electron chi connectivity index (χ1n) is 9.39. The molecule has 0 radical (unpaired) electrons. The van der Waals surface area contributed by atoms with Crippen molar-refractivity contribution in [2.75, 3.05) is 32.1 Å². The lowest BCUT2D eigenvalue weighted by Crippen LogP contribution is -2.40. The van der Waals surface area contributed by atoms with Crippen molar-refractivity contribution in [3.8, 4) is 11.4 Å². The molecule has 1 aliphatic heterocycles. The van der Waals surface area contributed by atoms with E-state index in [4.69, 9.17) is 10.6 Å². The van der Waals surface area contributed by atoms with Crippen LogP contribution in [0.4, 0.5) is 0 Å². The number of morpholine rings is 1. The minimum absolute atomic E-state index is 0.0404. The normalized spacial score (nSPS) is 14.6. The number of carbonyl (C=O) groups is 1. The van der Waals surface area contributed by atoms with Crippen molar-refractivity contribution in [1.29, 1.82) is 0 Å². The third-order valence-corrected chi connectivity index (χ3v) is 5.23. The van der Waals surface area contributed by atoms with Crippen molar-refractivity contribution >= 4 is 27.8 Å². The van der Waals surface area contributed by atoms with Gasteiger partial charge in [-0.1, -0.05) is 18.2 Å². The number of nitrogens with two attached hydrogens (primary N) is 1. The first kappa shape index (κ1) is 17.4. The largest absolute Gasteiger partial charge is 0.378 e. The number of amides is 1. The van der Waals surface area contributed by atoms with Crippen LogP contribution in [0.2, 0.25) is 0 Å². The van der Waals surface area contributed by atoms with Gasteiger partial charge in [0.2, 0.25) is 0 Å². The number of carbonyl (C=O) groups excluding carboxylic acids is 1. The number of nitrogens with zero attached hydrogens (tertiary/aromatic N) is 3. The van der Waals surface area contributed by atoms with E-state index < -0.39 is 0 Å². The van der Waals surface area contributed by atoms with E-state index in [1.54, 1.807) is 35.2 Å². The third-order valence-electron chi connectivity index (χ3n) is 5.23. The van der Waals surface area contributed by atoms with Crippen LogP contribution in [0.1, 0.15) is 10.4 Å². The van der Waals surface area contributed by atoms with Crippen LogP contribution in [0, 0.1) is 0 Å². The highest BCUT2D eigenvalue weighted by Gasteiger charge is 2.20. The molecule has 0 saturated carbocycles. The van der Waals surface area contributed by atoms with Gasteiger partial charge >= 0.3 is 0 Å². The summed E-state index contributed by atoms with van der Waals surface area (Å²) in [5.74, 6) is 6.38. The quantitative estimate of drug-likeness (QED) is 0.508. The number of hydrogen-bond acceptors (Lipinski definition) is 5. The van der Waals surface area contributed by atoms with Crippen LogP contribution in [0.25, 0.3) is 33.3 Å². The maximum Gasteiger partial charge on any atom is 0.280 e. The standard InChI is InChI=1S/C21H19N5O3/c22-26-18-4-2-1-3-13(18)11-15(21(26)28)19-23-16-6-5-14(12-17(16)24-19)20(27)25-7-9-29-10-8-25/h1-6,11-12H,7-10,22H2,(H,23,24). The monoisotopic (exact) mass is 389 g/mol. The van der Waals surface area contributed by atoms with Crippen LogP contribution < -0.4 is 11.4 Å². The maximum atomic E-state index is 12.7. The number of nitrogens with one attached hydrogen (secondary N) is 1. The van der Waals surface area contributed by atoms with Gasteiger partial charge in [-0.3, -0.25) is 9.59 Å². The van der Waals surface area contributed by atoms with E-state index in [9.17, 15) is 9.59 Å². The zero-order valence-corrected chi connectivity index (χ0v) is 15.6. The van der Waals surface area contributed by atoms with Crippen molar-refractivity contribution in [3.63, 3.8) is 0 Å². The van der Waals surface area contributed by atoms with E-state index in [1.165, 1.54) is 0 Å². The van der Waals surface area contributed by atoms with Gasteiger partial charge in [0.15, 0.2) is 0 Å². The lowest BCUT2D eigenvalue weighted by molar-refractivity contribution is 0.0303. The summed E-state index contributed by atoms with van der Waals surface area (Å²) in [6, 6.07) is 14.5. The topological polar surface area (TPSA) is 106 Å². The van der Waals surface area contributed by atoms with Crippen molar-refractivity contribution in [3.05, 3.63) is 64.4 Å². The first-order valence-corrected chi connectivity index (χ1v) is 9.39. The number of H-pyrrole nitrogens is 1. The Morgan fingerprint density at radius 3 is 2.72 bits per heavy atom. The molecule has 1 saturated heterocycles. The highest BCUT2D eigenvalue weighted by molar-refractivity contribution is 5.98. The summed E-state index contributed by atoms with van der Waals surface area (Å²) in [6.07, 6.45) is 0. The summed E-state index contributed by atoms with van der Waals surface area (Å²) in [7, 11) is 0. The fraction of sp³-hybridized carbons (Fsp3) is 0.190. The predicted molar refractivity (Wildman–Crippen MR) is 110 cm³/mol. The fourth-order valence-electron chi connectivity index (χ4n) is 3.67. The number of ether oxygens (including phenoxy) is 1. The van der Waals surface area contributed by atoms with Gasteiger partial charge in [0, 0.05) is 24.0 Å². The number of aromatic amines is 1. The van der Waals surface area contributed by atoms with Crippen LogP contribution in [-0.2, 0) is 4.74 Å². The Kier molecular flexibility index (Phi) is 4.06. The highest BCUT2D eigenvalue weighted by Crippen LogP contribution is 2.22. The number of rotatable bonds is 2. The van der Waals surface area contributed by atoms with Gasteiger partial charge in [-0.15, -0.1) is 0 Å². The molecule has 4 aromatic rings. The molecule has 0 atom stereocenters. The Hall–Kier alpha value is -3.65. The number of fused-ring (bicyclic) bond motifs is 2. The van der Waals surface area contributed by atoms with E-state index in [0.29, 0.717) is 59.8 Å². The molecule has 0 bridgehead atoms. The lowest BCUT2D eigenvalue weighted by Gasteiger charge is -2.26. The van der Waals surface area contributed by atoms with Crippen molar-refractivity contribution in [1.82, 2.24) is 19.5 Å². The molecule has 8 nitrogen and oxygen atoms in total. The van der Waals surface area contributed by atoms with Gasteiger partial charge in [0.05, 0.1) is 35.3 Å². The van der Waals surface area contributed by atoms with Gasteiger partial charge < -0.3 is 20.5 Å². The average Bonchev–Trinajstić information content (AvgIpc) is 3.19. The Labute approximate surface area is 165 Å². The van der Waals surface area contributed by atoms with Gasteiger partial charge in [-0.05, 0) is 30.3 Å². The molecule has 2 aromatic carbocycles. The molecular weight excluding hydrogens is 370 g/mol. The Balaban J connectivity index is 1.57. The molecule has 3 heterocycles. The maximum absolute atomic E-state index is 12.7. The van der Waals surface area contributed by atoms with Gasteiger partial charge in [0.25, 0.3) is 11.5 Å². The molecule has 0 unspecified atom stereocenters. The summed E-state index contributed by atoms with van der Waals surface area (Å²) >= 11 is 0. The van der Waals surface area contributed by atoms with Gasteiger partial charge in [-0.25, -0.2) is 9.66 Å². The molecule has 29 heavy (non-hydrogen) atoms. The summed E-state index contributed by atoms with van der Waals surface area (Å²) in [4.78, 5) is 35.0. The molecule has 3 N–H and O–H groups in total.